The Morgan fingerprint density at radius 1 is 1.21 bits per heavy atom. The number of nitrogens with zero attached hydrogens (tertiary/aromatic N) is 1. The minimum absolute atomic E-state index is 0.177. The van der Waals surface area contributed by atoms with E-state index in [9.17, 15) is 9.82 Å². The summed E-state index contributed by atoms with van der Waals surface area (Å²) in [7, 11) is -0.865. The number of carbonyl (C=O) groups excluding carboxylic acids is 1. The molecule has 28 heavy (non-hydrogen) atoms. The van der Waals surface area contributed by atoms with Gasteiger partial charge in [-0.3, -0.25) is 4.79 Å². The molecule has 2 heterocycles. The zero-order chi connectivity index (χ0) is 19.5. The van der Waals surface area contributed by atoms with Gasteiger partial charge in [-0.05, 0) is 60.1 Å². The normalized spacial score (nSPS) is 16.9. The Balaban J connectivity index is 1.27. The molecule has 0 atom stereocenters. The van der Waals surface area contributed by atoms with Gasteiger partial charge in [0.15, 0.2) is 0 Å². The van der Waals surface area contributed by atoms with Crippen molar-refractivity contribution in [2.24, 2.45) is 0 Å². The molecular formula is C21H24BClN2O3. The highest BCUT2D eigenvalue weighted by atomic mass is 35.5. The number of halogens is 1. The fraction of sp³-hybridized carbons (Fsp3) is 0.381. The molecule has 5 nitrogen and oxygen atoms in total. The number of carbonyl (C=O) groups is 1. The Kier molecular flexibility index (Phi) is 5.90. The summed E-state index contributed by atoms with van der Waals surface area (Å²) in [5, 5.41) is 14.3. The van der Waals surface area contributed by atoms with E-state index in [2.05, 4.69) is 5.32 Å². The van der Waals surface area contributed by atoms with Crippen molar-refractivity contribution in [2.75, 3.05) is 18.4 Å². The molecule has 1 amide bonds. The van der Waals surface area contributed by atoms with Crippen LogP contribution in [-0.4, -0.2) is 42.1 Å². The van der Waals surface area contributed by atoms with Gasteiger partial charge in [0.05, 0.1) is 6.61 Å². The predicted octanol–water partition coefficient (Wildman–Crippen LogP) is 2.59. The summed E-state index contributed by atoms with van der Waals surface area (Å²) in [6.45, 7) is 1.97. The number of hydrogen-bond donors (Lipinski definition) is 2. The number of aryl methyl sites for hydroxylation is 1. The molecule has 0 radical (unpaired) electrons. The number of benzene rings is 2. The average Bonchev–Trinajstić information content (AvgIpc) is 3.10. The molecule has 2 N–H and O–H groups in total. The Morgan fingerprint density at radius 3 is 2.71 bits per heavy atom. The third-order valence-electron chi connectivity index (χ3n) is 5.60. The van der Waals surface area contributed by atoms with Crippen molar-refractivity contribution in [3.05, 3.63) is 58.6 Å². The van der Waals surface area contributed by atoms with Crippen molar-refractivity contribution in [3.8, 4) is 0 Å². The highest BCUT2D eigenvalue weighted by Crippen LogP contribution is 2.20. The molecule has 2 aliphatic heterocycles. The Labute approximate surface area is 170 Å². The number of nitrogens with one attached hydrogen (secondary N) is 1. The van der Waals surface area contributed by atoms with Gasteiger partial charge in [-0.25, -0.2) is 0 Å². The Bertz CT molecular complexity index is 838. The van der Waals surface area contributed by atoms with Gasteiger partial charge >= 0.3 is 7.12 Å². The fourth-order valence-electron chi connectivity index (χ4n) is 4.03. The van der Waals surface area contributed by atoms with Crippen LogP contribution in [0, 0.1) is 0 Å². The van der Waals surface area contributed by atoms with E-state index in [1.54, 1.807) is 0 Å². The fourth-order valence-corrected chi connectivity index (χ4v) is 4.16. The van der Waals surface area contributed by atoms with Crippen LogP contribution in [0.2, 0.25) is 5.02 Å². The van der Waals surface area contributed by atoms with Crippen LogP contribution in [0.3, 0.4) is 0 Å². The van der Waals surface area contributed by atoms with E-state index in [0.29, 0.717) is 25.5 Å². The molecule has 0 aliphatic carbocycles. The van der Waals surface area contributed by atoms with E-state index >= 15 is 0 Å². The molecule has 0 bridgehead atoms. The molecule has 7 heteroatoms. The summed E-state index contributed by atoms with van der Waals surface area (Å²) < 4.78 is 5.30. The molecule has 0 spiro atoms. The average molecular weight is 399 g/mol. The monoisotopic (exact) mass is 398 g/mol. The van der Waals surface area contributed by atoms with Gasteiger partial charge < -0.3 is 19.9 Å². The van der Waals surface area contributed by atoms with Crippen molar-refractivity contribution >= 4 is 35.8 Å². The van der Waals surface area contributed by atoms with Gasteiger partial charge in [-0.1, -0.05) is 29.8 Å². The standard InChI is InChI=1S/C21H24BClN2O3/c23-17-5-7-18(8-6-17)24-19-10-12-25(13-11-19)20(26)9-4-15-2-1-3-16-14-28-22(27)21(15)16/h1-3,5-8,19,24,27H,4,9-14H2. The number of piperidine rings is 1. The highest BCUT2D eigenvalue weighted by Gasteiger charge is 2.30. The third-order valence-corrected chi connectivity index (χ3v) is 5.85. The first kappa shape index (κ1) is 19.3. The maximum absolute atomic E-state index is 12.7. The van der Waals surface area contributed by atoms with Crippen LogP contribution in [0.15, 0.2) is 42.5 Å². The maximum Gasteiger partial charge on any atom is 0.492 e. The molecule has 2 aromatic carbocycles. The van der Waals surface area contributed by atoms with Crippen molar-refractivity contribution in [1.82, 2.24) is 4.90 Å². The Hall–Kier alpha value is -2.02. The summed E-state index contributed by atoms with van der Waals surface area (Å²) >= 11 is 5.93. The molecule has 1 saturated heterocycles. The summed E-state index contributed by atoms with van der Waals surface area (Å²) in [5.74, 6) is 0.177. The SMILES string of the molecule is O=C(CCc1cccc2c1B(O)OC2)N1CCC(Nc2ccc(Cl)cc2)CC1. The number of amides is 1. The summed E-state index contributed by atoms with van der Waals surface area (Å²) in [6, 6.07) is 14.0. The molecule has 2 aliphatic rings. The molecule has 1 fully saturated rings. The van der Waals surface area contributed by atoms with Crippen LogP contribution in [-0.2, 0) is 22.5 Å². The van der Waals surface area contributed by atoms with Crippen LogP contribution < -0.4 is 10.8 Å². The number of rotatable bonds is 5. The molecule has 4 rings (SSSR count). The lowest BCUT2D eigenvalue weighted by molar-refractivity contribution is -0.132. The molecule has 146 valence electrons. The molecule has 0 saturated carbocycles. The first-order chi connectivity index (χ1) is 13.6. The zero-order valence-corrected chi connectivity index (χ0v) is 16.5. The number of hydrogen-bond acceptors (Lipinski definition) is 4. The lowest BCUT2D eigenvalue weighted by Gasteiger charge is -2.33. The van der Waals surface area contributed by atoms with E-state index in [1.165, 1.54) is 0 Å². The van der Waals surface area contributed by atoms with Gasteiger partial charge in [0, 0.05) is 36.3 Å². The smallest absolute Gasteiger partial charge is 0.423 e. The summed E-state index contributed by atoms with van der Waals surface area (Å²) in [4.78, 5) is 14.6. The van der Waals surface area contributed by atoms with Gasteiger partial charge in [0.25, 0.3) is 0 Å². The first-order valence-electron chi connectivity index (χ1n) is 9.80. The minimum Gasteiger partial charge on any atom is -0.423 e. The predicted molar refractivity (Wildman–Crippen MR) is 112 cm³/mol. The topological polar surface area (TPSA) is 61.8 Å². The van der Waals surface area contributed by atoms with Crippen LogP contribution in [0.4, 0.5) is 5.69 Å². The van der Waals surface area contributed by atoms with E-state index < -0.39 is 7.12 Å². The second-order valence-electron chi connectivity index (χ2n) is 7.46. The van der Waals surface area contributed by atoms with Gasteiger partial charge in [0.1, 0.15) is 0 Å². The Morgan fingerprint density at radius 2 is 1.96 bits per heavy atom. The van der Waals surface area contributed by atoms with E-state index in [0.717, 1.165) is 53.2 Å². The van der Waals surface area contributed by atoms with Gasteiger partial charge in [-0.15, -0.1) is 0 Å². The van der Waals surface area contributed by atoms with Crippen molar-refractivity contribution in [1.29, 1.82) is 0 Å². The van der Waals surface area contributed by atoms with Gasteiger partial charge in [-0.2, -0.15) is 0 Å². The second-order valence-corrected chi connectivity index (χ2v) is 7.90. The number of fused-ring (bicyclic) bond motifs is 1. The summed E-state index contributed by atoms with van der Waals surface area (Å²) in [5.41, 5.74) is 3.94. The minimum atomic E-state index is -0.865. The largest absolute Gasteiger partial charge is 0.492 e. The quantitative estimate of drug-likeness (QED) is 0.760. The van der Waals surface area contributed by atoms with Crippen molar-refractivity contribution in [2.45, 2.75) is 38.3 Å². The summed E-state index contributed by atoms with van der Waals surface area (Å²) in [6.07, 6.45) is 2.95. The first-order valence-corrected chi connectivity index (χ1v) is 10.2. The van der Waals surface area contributed by atoms with Crippen molar-refractivity contribution < 1.29 is 14.5 Å². The second kappa shape index (κ2) is 8.56. The van der Waals surface area contributed by atoms with Crippen LogP contribution in [0.1, 0.15) is 30.4 Å². The molecule has 0 aromatic heterocycles. The van der Waals surface area contributed by atoms with E-state index in [4.69, 9.17) is 16.3 Å². The molecule has 0 unspecified atom stereocenters. The van der Waals surface area contributed by atoms with Crippen molar-refractivity contribution in [3.63, 3.8) is 0 Å². The molecule has 2 aromatic rings. The molecular weight excluding hydrogens is 375 g/mol. The van der Waals surface area contributed by atoms with Crippen LogP contribution in [0.5, 0.6) is 0 Å². The number of likely N-dealkylation sites (tertiary alicyclic amines) is 1. The number of anilines is 1. The van der Waals surface area contributed by atoms with Crippen LogP contribution >= 0.6 is 11.6 Å². The van der Waals surface area contributed by atoms with Gasteiger partial charge in [0.2, 0.25) is 5.91 Å². The third kappa shape index (κ3) is 4.35. The van der Waals surface area contributed by atoms with E-state index in [1.807, 2.05) is 47.4 Å². The lowest BCUT2D eigenvalue weighted by Crippen LogP contribution is -2.42. The maximum atomic E-state index is 12.7. The highest BCUT2D eigenvalue weighted by molar-refractivity contribution is 6.62. The zero-order valence-electron chi connectivity index (χ0n) is 15.7. The lowest BCUT2D eigenvalue weighted by atomic mass is 9.75. The van der Waals surface area contributed by atoms with E-state index in [-0.39, 0.29) is 5.91 Å². The van der Waals surface area contributed by atoms with Crippen LogP contribution in [0.25, 0.3) is 0 Å².